The Morgan fingerprint density at radius 2 is 1.78 bits per heavy atom. The molecule has 0 aliphatic heterocycles. The van der Waals surface area contributed by atoms with Gasteiger partial charge < -0.3 is 31.3 Å². The second-order valence-corrected chi connectivity index (χ2v) is 8.79. The zero-order chi connectivity index (χ0) is 23.9. The van der Waals surface area contributed by atoms with Crippen molar-refractivity contribution in [3.63, 3.8) is 0 Å². The zero-order valence-corrected chi connectivity index (χ0v) is 17.6. The van der Waals surface area contributed by atoms with Gasteiger partial charge in [0.05, 0.1) is 23.6 Å². The van der Waals surface area contributed by atoms with E-state index in [2.05, 4.69) is 0 Å². The third-order valence-electron chi connectivity index (χ3n) is 6.99. The summed E-state index contributed by atoms with van der Waals surface area (Å²) in [6.07, 6.45) is -1.59. The van der Waals surface area contributed by atoms with Crippen LogP contribution in [0.15, 0.2) is 35.1 Å². The van der Waals surface area contributed by atoms with E-state index in [1.165, 1.54) is 25.1 Å². The lowest BCUT2D eigenvalue weighted by atomic mass is 9.54. The first kappa shape index (κ1) is 22.0. The largest absolute Gasteiger partial charge is 0.508 e. The van der Waals surface area contributed by atoms with Crippen LogP contribution in [0.25, 0.3) is 5.76 Å². The molecule has 4 rings (SSSR count). The van der Waals surface area contributed by atoms with Gasteiger partial charge in [0, 0.05) is 11.5 Å². The Kier molecular flexibility index (Phi) is 4.74. The van der Waals surface area contributed by atoms with Gasteiger partial charge in [-0.15, -0.1) is 0 Å². The summed E-state index contributed by atoms with van der Waals surface area (Å²) in [6, 6.07) is 3.13. The van der Waals surface area contributed by atoms with Crippen LogP contribution in [0.1, 0.15) is 24.0 Å². The number of carbonyl (C=O) groups excluding carboxylic acids is 3. The molecular weight excluding hydrogens is 420 g/mol. The third-order valence-corrected chi connectivity index (χ3v) is 6.99. The van der Waals surface area contributed by atoms with Crippen LogP contribution in [-0.2, 0) is 14.4 Å². The molecule has 0 unspecified atom stereocenters. The summed E-state index contributed by atoms with van der Waals surface area (Å²) in [5.74, 6) is -8.87. The molecule has 1 aromatic rings. The number of hydrogen-bond donors (Lipinski definition) is 6. The van der Waals surface area contributed by atoms with E-state index in [0.717, 1.165) is 0 Å². The number of benzene rings is 1. The number of amides is 1. The topological polar surface area (TPSA) is 182 Å². The van der Waals surface area contributed by atoms with Gasteiger partial charge in [-0.25, -0.2) is 0 Å². The van der Waals surface area contributed by atoms with Crippen molar-refractivity contribution >= 4 is 23.2 Å². The van der Waals surface area contributed by atoms with Crippen LogP contribution in [0.5, 0.6) is 5.75 Å². The van der Waals surface area contributed by atoms with E-state index in [0.29, 0.717) is 5.56 Å². The third kappa shape index (κ3) is 2.48. The Morgan fingerprint density at radius 3 is 2.34 bits per heavy atom. The highest BCUT2D eigenvalue weighted by molar-refractivity contribution is 6.24. The van der Waals surface area contributed by atoms with Gasteiger partial charge in [-0.1, -0.05) is 19.1 Å². The minimum atomic E-state index is -2.89. The quantitative estimate of drug-likeness (QED) is 0.327. The van der Waals surface area contributed by atoms with E-state index in [1.54, 1.807) is 19.1 Å². The van der Waals surface area contributed by atoms with Crippen molar-refractivity contribution < 1.29 is 39.9 Å². The molecule has 1 amide bonds. The van der Waals surface area contributed by atoms with Crippen LogP contribution in [0.4, 0.5) is 0 Å². The molecule has 10 nitrogen and oxygen atoms in total. The first-order valence-corrected chi connectivity index (χ1v) is 10.0. The molecule has 0 spiro atoms. The number of aliphatic hydroxyl groups is 4. The van der Waals surface area contributed by atoms with E-state index in [1.807, 2.05) is 0 Å². The van der Waals surface area contributed by atoms with Crippen LogP contribution < -0.4 is 5.73 Å². The Hall–Kier alpha value is -3.21. The summed E-state index contributed by atoms with van der Waals surface area (Å²) in [7, 11) is 2.92. The number of likely N-dealkylation sites (N-methyl/N-ethyl adjacent to an activating group) is 1. The van der Waals surface area contributed by atoms with Crippen LogP contribution in [0, 0.1) is 11.8 Å². The lowest BCUT2D eigenvalue weighted by molar-refractivity contribution is -0.169. The fraction of sp³-hybridized carbons (Fsp3) is 0.409. The van der Waals surface area contributed by atoms with E-state index >= 15 is 0 Å². The molecule has 10 heteroatoms. The van der Waals surface area contributed by atoms with Crippen LogP contribution >= 0.6 is 0 Å². The Morgan fingerprint density at radius 1 is 1.16 bits per heavy atom. The Balaban J connectivity index is 2.07. The number of hydrogen-bond acceptors (Lipinski definition) is 9. The monoisotopic (exact) mass is 444 g/mol. The van der Waals surface area contributed by atoms with Gasteiger partial charge in [-0.2, -0.15) is 0 Å². The second kappa shape index (κ2) is 6.89. The molecule has 32 heavy (non-hydrogen) atoms. The van der Waals surface area contributed by atoms with Gasteiger partial charge in [0.15, 0.2) is 11.4 Å². The SMILES string of the molecule is C[C@@H]1c2cccc(O)c2C(O)=C2C(=O)[C@@]3(O)C(O)=C(C(N)=O)C(=O)[C@@H](N(C)C)[C@@H]3[C@@H](O)[C@@H]21. The molecule has 6 atom stereocenters. The lowest BCUT2D eigenvalue weighted by Crippen LogP contribution is -2.70. The maximum atomic E-state index is 13.7. The van der Waals surface area contributed by atoms with Gasteiger partial charge in [0.1, 0.15) is 22.8 Å². The van der Waals surface area contributed by atoms with Crippen molar-refractivity contribution in [3.05, 3.63) is 46.2 Å². The first-order valence-electron chi connectivity index (χ1n) is 10.0. The molecule has 0 radical (unpaired) electrons. The molecule has 0 saturated heterocycles. The number of primary amides is 1. The normalized spacial score (nSPS) is 34.4. The number of nitrogens with two attached hydrogens (primary N) is 1. The molecule has 7 N–H and O–H groups in total. The van der Waals surface area contributed by atoms with Gasteiger partial charge in [0.2, 0.25) is 5.78 Å². The Bertz CT molecular complexity index is 1140. The second-order valence-electron chi connectivity index (χ2n) is 8.79. The number of Topliss-reactive ketones (excluding diaryl/α,β-unsaturated/α-hetero) is 2. The number of aromatic hydroxyl groups is 1. The molecule has 0 heterocycles. The fourth-order valence-electron chi connectivity index (χ4n) is 5.58. The van der Waals surface area contributed by atoms with Crippen molar-refractivity contribution in [2.45, 2.75) is 30.6 Å². The van der Waals surface area contributed by atoms with E-state index in [-0.39, 0.29) is 11.3 Å². The number of carbonyl (C=O) groups is 3. The first-order chi connectivity index (χ1) is 14.9. The highest BCUT2D eigenvalue weighted by atomic mass is 16.4. The van der Waals surface area contributed by atoms with Gasteiger partial charge in [0.25, 0.3) is 5.91 Å². The van der Waals surface area contributed by atoms with Crippen molar-refractivity contribution in [3.8, 4) is 5.75 Å². The maximum absolute atomic E-state index is 13.7. The molecule has 1 fully saturated rings. The predicted molar refractivity (Wildman–Crippen MR) is 110 cm³/mol. The number of nitrogens with zero attached hydrogens (tertiary/aromatic N) is 1. The predicted octanol–water partition coefficient (Wildman–Crippen LogP) is -0.504. The van der Waals surface area contributed by atoms with Crippen LogP contribution in [0.2, 0.25) is 0 Å². The molecule has 3 aliphatic carbocycles. The number of aliphatic hydroxyl groups excluding tert-OH is 3. The van der Waals surface area contributed by atoms with Crippen molar-refractivity contribution in [1.29, 1.82) is 0 Å². The highest BCUT2D eigenvalue weighted by Gasteiger charge is 2.68. The van der Waals surface area contributed by atoms with Crippen molar-refractivity contribution in [2.75, 3.05) is 14.1 Å². The average Bonchev–Trinajstić information content (AvgIpc) is 2.70. The van der Waals surface area contributed by atoms with Gasteiger partial charge in [-0.3, -0.25) is 19.3 Å². The maximum Gasteiger partial charge on any atom is 0.255 e. The summed E-state index contributed by atoms with van der Waals surface area (Å²) >= 11 is 0. The summed E-state index contributed by atoms with van der Waals surface area (Å²) in [4.78, 5) is 40.0. The zero-order valence-electron chi connectivity index (χ0n) is 17.6. The summed E-state index contributed by atoms with van der Waals surface area (Å²) in [5.41, 5.74) is 1.47. The smallest absolute Gasteiger partial charge is 0.255 e. The molecule has 1 saturated carbocycles. The van der Waals surface area contributed by atoms with E-state index < -0.39 is 75.6 Å². The molecule has 3 aliphatic rings. The number of phenols is 1. The summed E-state index contributed by atoms with van der Waals surface area (Å²) in [6.45, 7) is 1.68. The minimum Gasteiger partial charge on any atom is -0.508 e. The minimum absolute atomic E-state index is 0.0245. The van der Waals surface area contributed by atoms with Crippen molar-refractivity contribution in [1.82, 2.24) is 4.90 Å². The van der Waals surface area contributed by atoms with Gasteiger partial charge in [-0.05, 0) is 31.6 Å². The number of fused-ring (bicyclic) bond motifs is 3. The van der Waals surface area contributed by atoms with Gasteiger partial charge >= 0.3 is 0 Å². The van der Waals surface area contributed by atoms with E-state index in [9.17, 15) is 39.9 Å². The molecule has 0 bridgehead atoms. The van der Waals surface area contributed by atoms with Crippen molar-refractivity contribution in [2.24, 2.45) is 17.6 Å². The lowest BCUT2D eigenvalue weighted by Gasteiger charge is -2.53. The average molecular weight is 444 g/mol. The van der Waals surface area contributed by atoms with E-state index in [4.69, 9.17) is 5.73 Å². The molecular formula is C22H24N2O8. The molecule has 170 valence electrons. The number of rotatable bonds is 2. The highest BCUT2D eigenvalue weighted by Crippen LogP contribution is 2.55. The van der Waals surface area contributed by atoms with Crippen LogP contribution in [0.3, 0.4) is 0 Å². The number of phenolic OH excluding ortho intramolecular Hbond substituents is 1. The van der Waals surface area contributed by atoms with Crippen LogP contribution in [-0.4, -0.2) is 79.7 Å². The number of ketones is 2. The molecule has 0 aromatic heterocycles. The standard InChI is InChI=1S/C22H24N2O8/c1-7-8-5-4-6-9(25)11(8)16(26)12-10(7)17(27)14-15(24(2)3)18(28)13(21(23)31)20(30)22(14,32)19(12)29/h4-7,10,14-15,17,25-27,30,32H,1-3H3,(H2,23,31)/t7-,10-,14-,15+,17+,22-/m1/s1. The Labute approximate surface area is 182 Å². The molecule has 1 aromatic carbocycles. The summed E-state index contributed by atoms with van der Waals surface area (Å²) in [5, 5.41) is 54.9. The fourth-order valence-corrected chi connectivity index (χ4v) is 5.58. The summed E-state index contributed by atoms with van der Waals surface area (Å²) < 4.78 is 0.